The van der Waals surface area contributed by atoms with Crippen molar-refractivity contribution in [2.24, 2.45) is 0 Å². The number of rotatable bonds is 4. The van der Waals surface area contributed by atoms with E-state index in [0.717, 1.165) is 67.9 Å². The molecule has 0 radical (unpaired) electrons. The molecule has 5 nitrogen and oxygen atoms in total. The molecule has 2 aliphatic rings. The summed E-state index contributed by atoms with van der Waals surface area (Å²) in [5, 5.41) is 6.57. The van der Waals surface area contributed by atoms with Gasteiger partial charge in [-0.2, -0.15) is 5.10 Å². The van der Waals surface area contributed by atoms with Crippen molar-refractivity contribution >= 4 is 5.69 Å². The topological polar surface area (TPSA) is 52.2 Å². The molecule has 132 valence electrons. The van der Waals surface area contributed by atoms with Gasteiger partial charge in [0.15, 0.2) is 0 Å². The lowest BCUT2D eigenvalue weighted by Gasteiger charge is -2.36. The number of aromatic amines is 1. The SMILES string of the molecule is Cc1cc(F)ccc1CN1CCN(c2c(C3CC3)cn[nH]c2=O)CC1. The fourth-order valence-electron chi connectivity index (χ4n) is 3.63. The molecule has 1 aliphatic heterocycles. The fraction of sp³-hybridized carbons (Fsp3) is 0.474. The Morgan fingerprint density at radius 1 is 1.24 bits per heavy atom. The Balaban J connectivity index is 1.44. The summed E-state index contributed by atoms with van der Waals surface area (Å²) in [6.45, 7) is 6.21. The molecule has 2 aromatic rings. The van der Waals surface area contributed by atoms with E-state index in [9.17, 15) is 9.18 Å². The van der Waals surface area contributed by atoms with Gasteiger partial charge in [0.05, 0.1) is 6.20 Å². The number of aryl methyl sites for hydroxylation is 1. The summed E-state index contributed by atoms with van der Waals surface area (Å²) in [5.41, 5.74) is 3.99. The fourth-order valence-corrected chi connectivity index (χ4v) is 3.63. The predicted octanol–water partition coefficient (Wildman–Crippen LogP) is 2.42. The van der Waals surface area contributed by atoms with Gasteiger partial charge in [0.2, 0.25) is 0 Å². The average Bonchev–Trinajstić information content (AvgIpc) is 3.43. The van der Waals surface area contributed by atoms with Crippen molar-refractivity contribution in [3.8, 4) is 0 Å². The molecule has 1 aliphatic carbocycles. The number of aromatic nitrogens is 2. The molecular formula is C19H23FN4O. The largest absolute Gasteiger partial charge is 0.364 e. The van der Waals surface area contributed by atoms with E-state index >= 15 is 0 Å². The highest BCUT2D eigenvalue weighted by Gasteiger charge is 2.31. The zero-order valence-electron chi connectivity index (χ0n) is 14.5. The summed E-state index contributed by atoms with van der Waals surface area (Å²) in [6.07, 6.45) is 4.13. The van der Waals surface area contributed by atoms with Gasteiger partial charge in [-0.05, 0) is 48.9 Å². The molecule has 0 spiro atoms. The van der Waals surface area contributed by atoms with Crippen LogP contribution in [0.25, 0.3) is 0 Å². The highest BCUT2D eigenvalue weighted by molar-refractivity contribution is 5.54. The van der Waals surface area contributed by atoms with Gasteiger partial charge in [0.1, 0.15) is 11.5 Å². The second-order valence-corrected chi connectivity index (χ2v) is 7.11. The number of benzene rings is 1. The van der Waals surface area contributed by atoms with Crippen LogP contribution in [0.1, 0.15) is 35.4 Å². The minimum absolute atomic E-state index is 0.0766. The van der Waals surface area contributed by atoms with E-state index < -0.39 is 0 Å². The first kappa shape index (κ1) is 16.3. The number of hydrogen-bond donors (Lipinski definition) is 1. The van der Waals surface area contributed by atoms with Gasteiger partial charge < -0.3 is 4.90 Å². The van der Waals surface area contributed by atoms with Crippen LogP contribution in [0.3, 0.4) is 0 Å². The van der Waals surface area contributed by atoms with Crippen molar-refractivity contribution in [1.29, 1.82) is 0 Å². The highest BCUT2D eigenvalue weighted by atomic mass is 19.1. The molecule has 2 fully saturated rings. The Morgan fingerprint density at radius 2 is 2.00 bits per heavy atom. The lowest BCUT2D eigenvalue weighted by molar-refractivity contribution is 0.249. The van der Waals surface area contributed by atoms with E-state index in [1.165, 1.54) is 6.07 Å². The standard InChI is InChI=1S/C19H23FN4O/c1-13-10-16(20)5-4-15(13)12-23-6-8-24(9-7-23)18-17(14-2-3-14)11-21-22-19(18)25/h4-5,10-11,14H,2-3,6-9,12H2,1H3,(H,22,25). The van der Waals surface area contributed by atoms with Crippen LogP contribution in [0.15, 0.2) is 29.2 Å². The Labute approximate surface area is 146 Å². The second-order valence-electron chi connectivity index (χ2n) is 7.11. The van der Waals surface area contributed by atoms with Crippen LogP contribution in [0.2, 0.25) is 0 Å². The maximum atomic E-state index is 13.3. The first-order chi connectivity index (χ1) is 12.1. The molecular weight excluding hydrogens is 319 g/mol. The molecule has 6 heteroatoms. The molecule has 1 aromatic heterocycles. The number of halogens is 1. The summed E-state index contributed by atoms with van der Waals surface area (Å²) in [6, 6.07) is 4.98. The Bertz CT molecular complexity index is 822. The molecule has 1 saturated heterocycles. The lowest BCUT2D eigenvalue weighted by atomic mass is 10.1. The van der Waals surface area contributed by atoms with E-state index in [4.69, 9.17) is 0 Å². The number of piperazine rings is 1. The van der Waals surface area contributed by atoms with E-state index in [1.807, 2.05) is 19.2 Å². The van der Waals surface area contributed by atoms with Gasteiger partial charge in [-0.3, -0.25) is 9.69 Å². The van der Waals surface area contributed by atoms with Gasteiger partial charge in [0.25, 0.3) is 5.56 Å². The molecule has 1 N–H and O–H groups in total. The third-order valence-corrected chi connectivity index (χ3v) is 5.26. The van der Waals surface area contributed by atoms with Gasteiger partial charge in [-0.15, -0.1) is 0 Å². The van der Waals surface area contributed by atoms with Gasteiger partial charge in [-0.25, -0.2) is 9.49 Å². The summed E-state index contributed by atoms with van der Waals surface area (Å²) in [7, 11) is 0. The number of H-pyrrole nitrogens is 1. The highest BCUT2D eigenvalue weighted by Crippen LogP contribution is 2.42. The zero-order chi connectivity index (χ0) is 17.4. The van der Waals surface area contributed by atoms with Crippen LogP contribution in [-0.4, -0.2) is 41.3 Å². The Kier molecular flexibility index (Phi) is 4.29. The number of nitrogens with zero attached hydrogens (tertiary/aromatic N) is 3. The number of nitrogens with one attached hydrogen (secondary N) is 1. The molecule has 25 heavy (non-hydrogen) atoms. The maximum Gasteiger partial charge on any atom is 0.287 e. The zero-order valence-corrected chi connectivity index (χ0v) is 14.5. The summed E-state index contributed by atoms with van der Waals surface area (Å²) < 4.78 is 13.3. The van der Waals surface area contributed by atoms with Crippen molar-refractivity contribution < 1.29 is 4.39 Å². The van der Waals surface area contributed by atoms with Crippen LogP contribution in [0.4, 0.5) is 10.1 Å². The van der Waals surface area contributed by atoms with Crippen LogP contribution < -0.4 is 10.5 Å². The number of anilines is 1. The minimum Gasteiger partial charge on any atom is -0.364 e. The van der Waals surface area contributed by atoms with Crippen molar-refractivity contribution in [3.63, 3.8) is 0 Å². The van der Waals surface area contributed by atoms with Crippen molar-refractivity contribution in [2.45, 2.75) is 32.2 Å². The summed E-state index contributed by atoms with van der Waals surface area (Å²) >= 11 is 0. The third kappa shape index (κ3) is 3.44. The van der Waals surface area contributed by atoms with E-state index in [1.54, 1.807) is 6.07 Å². The molecule has 0 amide bonds. The first-order valence-corrected chi connectivity index (χ1v) is 8.92. The molecule has 0 bridgehead atoms. The average molecular weight is 342 g/mol. The minimum atomic E-state index is -0.185. The van der Waals surface area contributed by atoms with Crippen LogP contribution in [0.5, 0.6) is 0 Å². The predicted molar refractivity (Wildman–Crippen MR) is 95.5 cm³/mol. The molecule has 1 aromatic carbocycles. The second kappa shape index (κ2) is 6.59. The summed E-state index contributed by atoms with van der Waals surface area (Å²) in [4.78, 5) is 16.9. The summed E-state index contributed by atoms with van der Waals surface area (Å²) in [5.74, 6) is 0.320. The van der Waals surface area contributed by atoms with E-state index in [2.05, 4.69) is 20.0 Å². The Hall–Kier alpha value is -2.21. The van der Waals surface area contributed by atoms with Crippen molar-refractivity contribution in [3.05, 3.63) is 57.3 Å². The first-order valence-electron chi connectivity index (χ1n) is 8.92. The molecule has 2 heterocycles. The number of hydrogen-bond acceptors (Lipinski definition) is 4. The van der Waals surface area contributed by atoms with Crippen LogP contribution in [0, 0.1) is 12.7 Å². The van der Waals surface area contributed by atoms with Crippen LogP contribution in [-0.2, 0) is 6.54 Å². The van der Waals surface area contributed by atoms with Gasteiger partial charge >= 0.3 is 0 Å². The van der Waals surface area contributed by atoms with E-state index in [-0.39, 0.29) is 11.4 Å². The third-order valence-electron chi connectivity index (χ3n) is 5.26. The maximum absolute atomic E-state index is 13.3. The van der Waals surface area contributed by atoms with E-state index in [0.29, 0.717) is 5.92 Å². The molecule has 1 saturated carbocycles. The van der Waals surface area contributed by atoms with Crippen LogP contribution >= 0.6 is 0 Å². The lowest BCUT2D eigenvalue weighted by Crippen LogP contribution is -2.48. The smallest absolute Gasteiger partial charge is 0.287 e. The van der Waals surface area contributed by atoms with Crippen molar-refractivity contribution in [1.82, 2.24) is 15.1 Å². The van der Waals surface area contributed by atoms with Gasteiger partial charge in [0, 0.05) is 38.3 Å². The van der Waals surface area contributed by atoms with Crippen molar-refractivity contribution in [2.75, 3.05) is 31.1 Å². The monoisotopic (exact) mass is 342 g/mol. The normalized spacial score (nSPS) is 18.6. The molecule has 0 unspecified atom stereocenters. The molecule has 4 rings (SSSR count). The van der Waals surface area contributed by atoms with Gasteiger partial charge in [-0.1, -0.05) is 6.07 Å². The Morgan fingerprint density at radius 3 is 2.68 bits per heavy atom. The molecule has 0 atom stereocenters. The quantitative estimate of drug-likeness (QED) is 0.927.